The molecule has 2 aliphatic rings. The molecule has 0 spiro atoms. The number of methoxy groups -OCH3 is 1. The first-order valence-corrected chi connectivity index (χ1v) is 11.3. The molecule has 0 atom stereocenters. The van der Waals surface area contributed by atoms with E-state index < -0.39 is 0 Å². The Morgan fingerprint density at radius 3 is 2.53 bits per heavy atom. The van der Waals surface area contributed by atoms with Crippen molar-refractivity contribution in [3.8, 4) is 22.8 Å². The maximum atomic E-state index is 13.0. The van der Waals surface area contributed by atoms with Gasteiger partial charge < -0.3 is 19.3 Å². The van der Waals surface area contributed by atoms with E-state index in [0.29, 0.717) is 23.7 Å². The number of ether oxygens (including phenoxy) is 2. The number of likely N-dealkylation sites (N-methyl/N-ethyl adjacent to an activating group) is 1. The SMILES string of the molecule is COc1cc2c(C)c3c(nc2cc1OCCCN1CCN(C)CC1)-c1ccccc1C3=O. The van der Waals surface area contributed by atoms with Crippen molar-refractivity contribution in [1.29, 1.82) is 0 Å². The molecule has 1 aliphatic carbocycles. The first-order valence-electron chi connectivity index (χ1n) is 11.3. The van der Waals surface area contributed by atoms with Crippen LogP contribution in [0.2, 0.25) is 0 Å². The van der Waals surface area contributed by atoms with E-state index in [1.54, 1.807) is 7.11 Å². The predicted octanol–water partition coefficient (Wildman–Crippen LogP) is 3.78. The highest BCUT2D eigenvalue weighted by Crippen LogP contribution is 2.41. The largest absolute Gasteiger partial charge is 0.493 e. The maximum absolute atomic E-state index is 13.0. The number of carbonyl (C=O) groups is 1. The van der Waals surface area contributed by atoms with E-state index in [1.807, 2.05) is 43.3 Å². The molecule has 1 aromatic heterocycles. The van der Waals surface area contributed by atoms with Crippen LogP contribution >= 0.6 is 0 Å². The molecule has 6 heteroatoms. The molecule has 1 saturated heterocycles. The minimum atomic E-state index is 0.0469. The summed E-state index contributed by atoms with van der Waals surface area (Å²) in [7, 11) is 3.82. The van der Waals surface area contributed by atoms with Crippen LogP contribution in [0.15, 0.2) is 36.4 Å². The summed E-state index contributed by atoms with van der Waals surface area (Å²) in [4.78, 5) is 22.7. The molecule has 0 unspecified atom stereocenters. The molecule has 3 aromatic rings. The number of rotatable bonds is 6. The fourth-order valence-corrected chi connectivity index (χ4v) is 4.74. The molecule has 32 heavy (non-hydrogen) atoms. The van der Waals surface area contributed by atoms with Gasteiger partial charge in [-0.15, -0.1) is 0 Å². The Labute approximate surface area is 188 Å². The summed E-state index contributed by atoms with van der Waals surface area (Å²) in [5, 5.41) is 0.923. The lowest BCUT2D eigenvalue weighted by molar-refractivity contribution is 0.104. The van der Waals surface area contributed by atoms with Gasteiger partial charge in [0.25, 0.3) is 0 Å². The summed E-state index contributed by atoms with van der Waals surface area (Å²) in [6.07, 6.45) is 0.962. The standard InChI is InChI=1S/C26H29N3O3/c1-17-20-15-22(31-3)23(32-14-6-9-29-12-10-28(2)11-13-29)16-21(20)27-25-18-7-4-5-8-19(18)26(30)24(17)25/h4-5,7-8,15-16H,6,9-14H2,1-3H3. The van der Waals surface area contributed by atoms with Crippen molar-refractivity contribution in [3.05, 3.63) is 53.1 Å². The Balaban J connectivity index is 1.39. The van der Waals surface area contributed by atoms with Crippen molar-refractivity contribution >= 4 is 16.7 Å². The van der Waals surface area contributed by atoms with Crippen molar-refractivity contribution in [1.82, 2.24) is 14.8 Å². The smallest absolute Gasteiger partial charge is 0.196 e. The van der Waals surface area contributed by atoms with Crippen LogP contribution in [0.3, 0.4) is 0 Å². The summed E-state index contributed by atoms with van der Waals surface area (Å²) >= 11 is 0. The lowest BCUT2D eigenvalue weighted by Gasteiger charge is -2.32. The molecule has 0 radical (unpaired) electrons. The molecular weight excluding hydrogens is 402 g/mol. The second kappa shape index (κ2) is 8.52. The number of aromatic nitrogens is 1. The van der Waals surface area contributed by atoms with Crippen molar-refractivity contribution in [2.45, 2.75) is 13.3 Å². The molecule has 1 fully saturated rings. The number of fused-ring (bicyclic) bond motifs is 4. The van der Waals surface area contributed by atoms with E-state index in [9.17, 15) is 4.79 Å². The zero-order valence-electron chi connectivity index (χ0n) is 19.0. The van der Waals surface area contributed by atoms with Crippen molar-refractivity contribution < 1.29 is 14.3 Å². The number of carbonyl (C=O) groups excluding carboxylic acids is 1. The molecular formula is C26H29N3O3. The lowest BCUT2D eigenvalue weighted by Crippen LogP contribution is -2.44. The first-order chi connectivity index (χ1) is 15.6. The Kier molecular flexibility index (Phi) is 5.57. The van der Waals surface area contributed by atoms with Gasteiger partial charge in [0.1, 0.15) is 0 Å². The van der Waals surface area contributed by atoms with E-state index in [2.05, 4.69) is 16.8 Å². The molecule has 2 aromatic carbocycles. The average Bonchev–Trinajstić information content (AvgIpc) is 3.10. The minimum Gasteiger partial charge on any atom is -0.493 e. The molecule has 6 nitrogen and oxygen atoms in total. The van der Waals surface area contributed by atoms with Crippen molar-refractivity contribution in [2.24, 2.45) is 0 Å². The summed E-state index contributed by atoms with van der Waals surface area (Å²) in [5.74, 6) is 1.42. The van der Waals surface area contributed by atoms with Gasteiger partial charge in [-0.3, -0.25) is 4.79 Å². The fourth-order valence-electron chi connectivity index (χ4n) is 4.74. The van der Waals surface area contributed by atoms with Crippen LogP contribution in [0, 0.1) is 6.92 Å². The number of hydrogen-bond donors (Lipinski definition) is 0. The molecule has 0 saturated carbocycles. The van der Waals surface area contributed by atoms with Crippen LogP contribution in [0.5, 0.6) is 11.5 Å². The van der Waals surface area contributed by atoms with E-state index in [-0.39, 0.29) is 5.78 Å². The van der Waals surface area contributed by atoms with Crippen LogP contribution in [0.1, 0.15) is 27.9 Å². The number of ketones is 1. The van der Waals surface area contributed by atoms with Gasteiger partial charge in [-0.2, -0.15) is 0 Å². The number of benzene rings is 2. The molecule has 5 rings (SSSR count). The minimum absolute atomic E-state index is 0.0469. The van der Waals surface area contributed by atoms with Crippen LogP contribution in [0.4, 0.5) is 0 Å². The van der Waals surface area contributed by atoms with Crippen LogP contribution < -0.4 is 9.47 Å². The number of nitrogens with zero attached hydrogens (tertiary/aromatic N) is 3. The molecule has 166 valence electrons. The van der Waals surface area contributed by atoms with Gasteiger partial charge in [0.2, 0.25) is 0 Å². The number of pyridine rings is 1. The third-order valence-electron chi connectivity index (χ3n) is 6.66. The van der Waals surface area contributed by atoms with Gasteiger partial charge in [-0.05, 0) is 32.0 Å². The normalized spacial score (nSPS) is 16.3. The van der Waals surface area contributed by atoms with Gasteiger partial charge in [0, 0.05) is 55.3 Å². The monoisotopic (exact) mass is 431 g/mol. The highest BCUT2D eigenvalue weighted by Gasteiger charge is 2.30. The van der Waals surface area contributed by atoms with Crippen LogP contribution in [0.25, 0.3) is 22.2 Å². The van der Waals surface area contributed by atoms with Crippen molar-refractivity contribution in [2.75, 3.05) is 53.5 Å². The topological polar surface area (TPSA) is 54.9 Å². The molecule has 2 heterocycles. The van der Waals surface area contributed by atoms with E-state index in [4.69, 9.17) is 14.5 Å². The van der Waals surface area contributed by atoms with Crippen LogP contribution in [-0.2, 0) is 0 Å². The highest BCUT2D eigenvalue weighted by molar-refractivity contribution is 6.23. The Hall–Kier alpha value is -2.96. The van der Waals surface area contributed by atoms with Gasteiger partial charge in [0.15, 0.2) is 17.3 Å². The Bertz CT molecular complexity index is 1180. The number of piperazine rings is 1. The molecule has 0 amide bonds. The third kappa shape index (κ3) is 3.63. The second-order valence-corrected chi connectivity index (χ2v) is 8.70. The number of hydrogen-bond acceptors (Lipinski definition) is 6. The van der Waals surface area contributed by atoms with Gasteiger partial charge in [0.05, 0.1) is 30.5 Å². The Morgan fingerprint density at radius 1 is 1.03 bits per heavy atom. The quantitative estimate of drug-likeness (QED) is 0.433. The average molecular weight is 432 g/mol. The molecule has 1 aliphatic heterocycles. The van der Waals surface area contributed by atoms with Gasteiger partial charge >= 0.3 is 0 Å². The van der Waals surface area contributed by atoms with Gasteiger partial charge in [-0.1, -0.05) is 24.3 Å². The summed E-state index contributed by atoms with van der Waals surface area (Å²) in [6, 6.07) is 11.6. The molecule has 0 N–H and O–H groups in total. The lowest BCUT2D eigenvalue weighted by atomic mass is 10.0. The second-order valence-electron chi connectivity index (χ2n) is 8.70. The maximum Gasteiger partial charge on any atom is 0.196 e. The zero-order chi connectivity index (χ0) is 22.2. The Morgan fingerprint density at radius 2 is 1.78 bits per heavy atom. The van der Waals surface area contributed by atoms with E-state index in [0.717, 1.165) is 72.4 Å². The fraction of sp³-hybridized carbons (Fsp3) is 0.385. The van der Waals surface area contributed by atoms with E-state index >= 15 is 0 Å². The highest BCUT2D eigenvalue weighted by atomic mass is 16.5. The van der Waals surface area contributed by atoms with Crippen molar-refractivity contribution in [3.63, 3.8) is 0 Å². The molecule has 0 bridgehead atoms. The summed E-state index contributed by atoms with van der Waals surface area (Å²) in [6.45, 7) is 8.13. The summed E-state index contributed by atoms with van der Waals surface area (Å²) < 4.78 is 11.8. The zero-order valence-corrected chi connectivity index (χ0v) is 19.0. The first kappa shape index (κ1) is 20.9. The third-order valence-corrected chi connectivity index (χ3v) is 6.66. The summed E-state index contributed by atoms with van der Waals surface area (Å²) in [5.41, 5.74) is 4.85. The van der Waals surface area contributed by atoms with E-state index in [1.165, 1.54) is 0 Å². The number of aryl methyl sites for hydroxylation is 1. The van der Waals surface area contributed by atoms with Gasteiger partial charge in [-0.25, -0.2) is 4.98 Å². The van der Waals surface area contributed by atoms with Crippen LogP contribution in [-0.4, -0.2) is 74.1 Å². The predicted molar refractivity (Wildman–Crippen MR) is 126 cm³/mol.